The first-order valence-corrected chi connectivity index (χ1v) is 14.1. The number of carboxylic acid groups (broad SMARTS) is 2. The quantitative estimate of drug-likeness (QED) is 0.0456. The molecule has 15 N–H and O–H groups in total. The number of hydrogen-bond donors (Lipinski definition) is 11. The number of esters is 2. The van der Waals surface area contributed by atoms with Gasteiger partial charge in [-0.2, -0.15) is 0 Å². The van der Waals surface area contributed by atoms with Crippen LogP contribution in [0.3, 0.4) is 0 Å². The average Bonchev–Trinajstić information content (AvgIpc) is 3.16. The van der Waals surface area contributed by atoms with Crippen LogP contribution in [0.5, 0.6) is 11.5 Å². The average molecular weight is 648 g/mol. The van der Waals surface area contributed by atoms with Crippen molar-refractivity contribution in [1.29, 1.82) is 10.8 Å². The number of likely N-dealkylation sites (tertiary alicyclic amines) is 1. The summed E-state index contributed by atoms with van der Waals surface area (Å²) >= 11 is 0. The van der Waals surface area contributed by atoms with Gasteiger partial charge in [0.2, 0.25) is 0 Å². The fourth-order valence-corrected chi connectivity index (χ4v) is 5.74. The van der Waals surface area contributed by atoms with E-state index >= 15 is 0 Å². The second-order valence-electron chi connectivity index (χ2n) is 9.79. The number of guanidine groups is 2. The van der Waals surface area contributed by atoms with Crippen molar-refractivity contribution in [2.75, 3.05) is 13.6 Å². The summed E-state index contributed by atoms with van der Waals surface area (Å²) in [4.78, 5) is 55.8. The number of nitrogens with zero attached hydrogens (tertiary/aromatic N) is 1. The number of hydrogen-bond acceptors (Lipinski definition) is 10. The highest BCUT2D eigenvalue weighted by Gasteiger charge is 2.65. The summed E-state index contributed by atoms with van der Waals surface area (Å²) in [5, 5.41) is 26.1. The topological polar surface area (TPSA) is 352 Å². The number of phosphoric acid groups is 1. The van der Waals surface area contributed by atoms with Gasteiger partial charge in [-0.25, -0.2) is 9.36 Å². The molecule has 246 valence electrons. The molecule has 0 saturated carbocycles. The van der Waals surface area contributed by atoms with Gasteiger partial charge in [-0.05, 0) is 44.1 Å². The predicted molar refractivity (Wildman–Crippen MR) is 154 cm³/mol. The molecule has 5 atom stereocenters. The molecule has 1 aromatic carbocycles. The molecular weight excluding hydrogens is 609 g/mol. The van der Waals surface area contributed by atoms with Gasteiger partial charge in [0.15, 0.2) is 29.5 Å². The van der Waals surface area contributed by atoms with Crippen LogP contribution in [0.2, 0.25) is 0 Å². The standard InChI is InChI=1S/C21H23NO5.2CH5N3.CH2O3.H3O4P/c1-11(23)25-16-6-4-13-10-15-14-5-7-17(26-12(2)24)20-21(14,8-9-22(15)3)18(13)19(16)27-20;3*2-1(3)4;1-5(2,3)4/h4-7,14-15,17,20H,8-10H2,1-3H3;2*(H5,2,3,4);(H2,2,3,4);(H3,1,2,3,4)/t14-,15+,17-,20-,21-;;;;/m0..../s1. The molecule has 2 aliphatic carbocycles. The molecule has 2 heterocycles. The molecule has 4 aliphatic rings. The normalized spacial score (nSPS) is 24.6. The SMILES string of the molecule is CC(=O)Oc1ccc2c3c1O[C@H]1[C@@H](OC(C)=O)C=C[C@H]4[C@@H](C2)N(C)CC[C@@]341.N=C(N)N.N=C(N)N.O=C(O)O.O=P(O)(O)O. The number of nitrogens with two attached hydrogens (primary N) is 4. The fourth-order valence-electron chi connectivity index (χ4n) is 5.74. The summed E-state index contributed by atoms with van der Waals surface area (Å²) < 4.78 is 26.4. The third-order valence-corrected chi connectivity index (χ3v) is 6.67. The van der Waals surface area contributed by atoms with Crippen molar-refractivity contribution in [2.24, 2.45) is 28.9 Å². The minimum atomic E-state index is -4.64. The number of rotatable bonds is 2. The minimum Gasteiger partial charge on any atom is -0.481 e. The molecule has 0 amide bonds. The smallest absolute Gasteiger partial charge is 0.481 e. The van der Waals surface area contributed by atoms with Gasteiger partial charge < -0.3 is 66.9 Å². The van der Waals surface area contributed by atoms with E-state index in [2.05, 4.69) is 47.0 Å². The lowest BCUT2D eigenvalue weighted by molar-refractivity contribution is -0.152. The molecule has 44 heavy (non-hydrogen) atoms. The first-order chi connectivity index (χ1) is 20.1. The zero-order chi connectivity index (χ0) is 34.2. The van der Waals surface area contributed by atoms with E-state index in [1.807, 2.05) is 12.1 Å². The van der Waals surface area contributed by atoms with Crippen LogP contribution in [0.25, 0.3) is 0 Å². The van der Waals surface area contributed by atoms with Gasteiger partial charge in [-0.1, -0.05) is 12.1 Å². The number of nitrogens with one attached hydrogen (secondary N) is 2. The van der Waals surface area contributed by atoms with Gasteiger partial charge >= 0.3 is 25.9 Å². The fraction of sp³-hybridized carbons (Fsp3) is 0.458. The Balaban J connectivity index is 0.000000473. The van der Waals surface area contributed by atoms with Crippen LogP contribution in [0, 0.1) is 16.7 Å². The molecule has 0 aromatic heterocycles. The number of carbonyl (C=O) groups excluding carboxylic acids is 2. The summed E-state index contributed by atoms with van der Waals surface area (Å²) in [5.41, 5.74) is 20.0. The Kier molecular flexibility index (Phi) is 13.1. The van der Waals surface area contributed by atoms with Crippen molar-refractivity contribution in [3.8, 4) is 11.5 Å². The van der Waals surface area contributed by atoms with E-state index in [1.165, 1.54) is 19.4 Å². The van der Waals surface area contributed by atoms with Crippen molar-refractivity contribution >= 4 is 37.8 Å². The highest BCUT2D eigenvalue weighted by Crippen LogP contribution is 2.62. The molecular formula is C24H38N7O12P. The van der Waals surface area contributed by atoms with Crippen LogP contribution in [-0.4, -0.2) is 91.6 Å². The molecule has 19 nitrogen and oxygen atoms in total. The maximum absolute atomic E-state index is 11.7. The van der Waals surface area contributed by atoms with Crippen LogP contribution in [-0.2, 0) is 30.7 Å². The molecule has 0 unspecified atom stereocenters. The van der Waals surface area contributed by atoms with Crippen molar-refractivity contribution in [2.45, 2.75) is 50.4 Å². The van der Waals surface area contributed by atoms with Gasteiger partial charge in [0, 0.05) is 36.8 Å². The van der Waals surface area contributed by atoms with Crippen LogP contribution < -0.4 is 32.4 Å². The van der Waals surface area contributed by atoms with E-state index in [4.69, 9.17) is 59.3 Å². The van der Waals surface area contributed by atoms with E-state index in [9.17, 15) is 9.59 Å². The summed E-state index contributed by atoms with van der Waals surface area (Å²) in [6, 6.07) is 4.28. The minimum absolute atomic E-state index is 0.245. The second-order valence-corrected chi connectivity index (χ2v) is 10.8. The Morgan fingerprint density at radius 3 is 1.98 bits per heavy atom. The van der Waals surface area contributed by atoms with Crippen molar-refractivity contribution < 1.29 is 58.1 Å². The monoisotopic (exact) mass is 647 g/mol. The largest absolute Gasteiger partial charge is 0.503 e. The zero-order valence-corrected chi connectivity index (χ0v) is 24.9. The molecule has 0 radical (unpaired) electrons. The van der Waals surface area contributed by atoms with E-state index < -0.39 is 20.1 Å². The lowest BCUT2D eigenvalue weighted by Crippen LogP contribution is -2.65. The Hall–Kier alpha value is -4.42. The number of piperidine rings is 1. The Bertz CT molecular complexity index is 1290. The van der Waals surface area contributed by atoms with Crippen LogP contribution in [0.4, 0.5) is 4.79 Å². The maximum Gasteiger partial charge on any atom is 0.503 e. The molecule has 1 aromatic rings. The summed E-state index contributed by atoms with van der Waals surface area (Å²) in [6.07, 6.45) is 3.48. The molecule has 5 rings (SSSR count). The Morgan fingerprint density at radius 2 is 1.52 bits per heavy atom. The number of likely N-dealkylation sites (N-methyl/N-ethyl adjacent to an activating group) is 1. The molecule has 1 saturated heterocycles. The molecule has 20 heteroatoms. The third-order valence-electron chi connectivity index (χ3n) is 6.67. The second kappa shape index (κ2) is 15.3. The van der Waals surface area contributed by atoms with E-state index in [1.54, 1.807) is 0 Å². The van der Waals surface area contributed by atoms with Crippen molar-refractivity contribution in [1.82, 2.24) is 4.90 Å². The van der Waals surface area contributed by atoms with E-state index in [-0.39, 0.29) is 41.3 Å². The van der Waals surface area contributed by atoms with E-state index in [0.717, 1.165) is 24.9 Å². The molecule has 1 fully saturated rings. The van der Waals surface area contributed by atoms with Crippen molar-refractivity contribution in [3.63, 3.8) is 0 Å². The first kappa shape index (κ1) is 37.6. The maximum atomic E-state index is 11.7. The third kappa shape index (κ3) is 10.4. The van der Waals surface area contributed by atoms with Crippen LogP contribution in [0.1, 0.15) is 31.4 Å². The summed E-state index contributed by atoms with van der Waals surface area (Å²) in [7, 11) is -2.46. The van der Waals surface area contributed by atoms with Gasteiger partial charge in [-0.15, -0.1) is 0 Å². The van der Waals surface area contributed by atoms with Gasteiger partial charge in [0.1, 0.15) is 6.10 Å². The highest BCUT2D eigenvalue weighted by molar-refractivity contribution is 7.45. The molecule has 2 aliphatic heterocycles. The number of benzene rings is 1. The van der Waals surface area contributed by atoms with Crippen LogP contribution >= 0.6 is 7.82 Å². The number of ether oxygens (including phenoxy) is 3. The van der Waals surface area contributed by atoms with Gasteiger partial charge in [-0.3, -0.25) is 20.4 Å². The summed E-state index contributed by atoms with van der Waals surface area (Å²) in [5.74, 6) is 0.0453. The lowest BCUT2D eigenvalue weighted by atomic mass is 9.53. The zero-order valence-electron chi connectivity index (χ0n) is 24.0. The van der Waals surface area contributed by atoms with Crippen LogP contribution in [0.15, 0.2) is 24.3 Å². The lowest BCUT2D eigenvalue weighted by Gasteiger charge is -2.56. The summed E-state index contributed by atoms with van der Waals surface area (Å²) in [6.45, 7) is 3.77. The molecule has 1 spiro atoms. The Labute approximate surface area is 251 Å². The van der Waals surface area contributed by atoms with Crippen molar-refractivity contribution in [3.05, 3.63) is 35.4 Å². The van der Waals surface area contributed by atoms with Gasteiger partial charge in [0.25, 0.3) is 0 Å². The van der Waals surface area contributed by atoms with Gasteiger partial charge in [0.05, 0.1) is 0 Å². The predicted octanol–water partition coefficient (Wildman–Crippen LogP) is -1.04. The number of carbonyl (C=O) groups is 3. The van der Waals surface area contributed by atoms with E-state index in [0.29, 0.717) is 17.5 Å². The highest BCUT2D eigenvalue weighted by atomic mass is 31.2. The first-order valence-electron chi connectivity index (χ1n) is 12.6. The molecule has 2 bridgehead atoms. The Morgan fingerprint density at radius 1 is 1.02 bits per heavy atom.